The number of aliphatic hydroxyl groups is 1. The maximum atomic E-state index is 13.3. The number of rotatable bonds is 4. The summed E-state index contributed by atoms with van der Waals surface area (Å²) in [5.41, 5.74) is 1.78. The minimum atomic E-state index is -0.460. The molecule has 24 heavy (non-hydrogen) atoms. The first-order valence-corrected chi connectivity index (χ1v) is 8.21. The van der Waals surface area contributed by atoms with Gasteiger partial charge in [-0.25, -0.2) is 4.39 Å². The highest BCUT2D eigenvalue weighted by atomic mass is 19.1. The monoisotopic (exact) mass is 328 g/mol. The van der Waals surface area contributed by atoms with Gasteiger partial charge < -0.3 is 10.0 Å². The summed E-state index contributed by atoms with van der Waals surface area (Å²) in [5, 5.41) is 10.2. The van der Waals surface area contributed by atoms with Gasteiger partial charge in [0.05, 0.1) is 12.5 Å². The van der Waals surface area contributed by atoms with Crippen molar-refractivity contribution in [2.24, 2.45) is 5.92 Å². The number of carbonyl (C=O) groups is 1. The van der Waals surface area contributed by atoms with Gasteiger partial charge in [0.25, 0.3) is 0 Å². The summed E-state index contributed by atoms with van der Waals surface area (Å²) in [7, 11) is 0. The highest BCUT2D eigenvalue weighted by molar-refractivity contribution is 5.78. The molecule has 2 aromatic rings. The summed E-state index contributed by atoms with van der Waals surface area (Å²) in [6.07, 6.45) is 4.36. The number of likely N-dealkylation sites (tertiary alicyclic amines) is 1. The van der Waals surface area contributed by atoms with Crippen LogP contribution in [0.5, 0.6) is 0 Å². The number of hydrogen-bond acceptors (Lipinski definition) is 3. The van der Waals surface area contributed by atoms with Crippen LogP contribution in [0.1, 0.15) is 17.5 Å². The Balaban J connectivity index is 1.63. The predicted molar refractivity (Wildman–Crippen MR) is 88.7 cm³/mol. The van der Waals surface area contributed by atoms with Crippen LogP contribution in [0.25, 0.3) is 0 Å². The molecule has 1 aliphatic rings. The summed E-state index contributed by atoms with van der Waals surface area (Å²) in [5.74, 6) is -0.289. The molecule has 1 saturated heterocycles. The Bertz CT molecular complexity index is 693. The quantitative estimate of drug-likeness (QED) is 0.936. The summed E-state index contributed by atoms with van der Waals surface area (Å²) in [6, 6.07) is 10.1. The normalized spacial score (nSPS) is 20.8. The van der Waals surface area contributed by atoms with E-state index in [1.54, 1.807) is 23.4 Å². The van der Waals surface area contributed by atoms with E-state index in [1.165, 1.54) is 12.1 Å². The minimum absolute atomic E-state index is 0.0531. The van der Waals surface area contributed by atoms with Gasteiger partial charge in [-0.05, 0) is 48.2 Å². The molecular formula is C19H21FN2O2. The Morgan fingerprint density at radius 3 is 2.79 bits per heavy atom. The maximum Gasteiger partial charge on any atom is 0.227 e. The molecule has 0 unspecified atom stereocenters. The second-order valence-corrected chi connectivity index (χ2v) is 6.32. The number of piperidine rings is 1. The summed E-state index contributed by atoms with van der Waals surface area (Å²) < 4.78 is 13.3. The molecule has 5 heteroatoms. The van der Waals surface area contributed by atoms with Crippen molar-refractivity contribution in [3.63, 3.8) is 0 Å². The lowest BCUT2D eigenvalue weighted by Gasteiger charge is -2.36. The zero-order chi connectivity index (χ0) is 16.9. The highest BCUT2D eigenvalue weighted by Gasteiger charge is 2.30. The van der Waals surface area contributed by atoms with Crippen molar-refractivity contribution >= 4 is 5.91 Å². The number of benzene rings is 1. The number of halogens is 1. The molecule has 1 aliphatic heterocycles. The molecule has 126 valence electrons. The molecule has 4 nitrogen and oxygen atoms in total. The van der Waals surface area contributed by atoms with E-state index in [1.807, 2.05) is 18.2 Å². The van der Waals surface area contributed by atoms with Gasteiger partial charge in [0.1, 0.15) is 5.82 Å². The maximum absolute atomic E-state index is 13.3. The average Bonchev–Trinajstić information content (AvgIpc) is 2.58. The lowest BCUT2D eigenvalue weighted by molar-refractivity contribution is -0.134. The van der Waals surface area contributed by atoms with E-state index in [4.69, 9.17) is 0 Å². The molecule has 0 spiro atoms. The lowest BCUT2D eigenvalue weighted by Crippen LogP contribution is -2.47. The second-order valence-electron chi connectivity index (χ2n) is 6.32. The SMILES string of the molecule is O=C(Cc1ccncc1)N1CC[C@H](O)[C@H](Cc2cccc(F)c2)C1. The van der Waals surface area contributed by atoms with Crippen LogP contribution in [0.4, 0.5) is 4.39 Å². The molecule has 0 aliphatic carbocycles. The number of hydrogen-bond donors (Lipinski definition) is 1. The van der Waals surface area contributed by atoms with Crippen LogP contribution in [0.3, 0.4) is 0 Å². The molecule has 0 saturated carbocycles. The van der Waals surface area contributed by atoms with Crippen molar-refractivity contribution < 1.29 is 14.3 Å². The molecule has 0 bridgehead atoms. The third-order valence-corrected chi connectivity index (χ3v) is 4.54. The average molecular weight is 328 g/mol. The first-order valence-electron chi connectivity index (χ1n) is 8.21. The standard InChI is InChI=1S/C19H21FN2O2/c20-17-3-1-2-15(11-17)10-16-13-22(9-6-18(16)23)19(24)12-14-4-7-21-8-5-14/h1-5,7-8,11,16,18,23H,6,9-10,12-13H2/t16-,18+/m1/s1. The number of aromatic nitrogens is 1. The van der Waals surface area contributed by atoms with Crippen LogP contribution >= 0.6 is 0 Å². The first-order chi connectivity index (χ1) is 11.6. The van der Waals surface area contributed by atoms with Crippen LogP contribution in [0, 0.1) is 11.7 Å². The molecule has 2 heterocycles. The van der Waals surface area contributed by atoms with E-state index in [2.05, 4.69) is 4.98 Å². The molecule has 1 amide bonds. The van der Waals surface area contributed by atoms with E-state index in [-0.39, 0.29) is 17.6 Å². The smallest absolute Gasteiger partial charge is 0.227 e. The van der Waals surface area contributed by atoms with Crippen molar-refractivity contribution in [2.45, 2.75) is 25.4 Å². The van der Waals surface area contributed by atoms with Crippen LogP contribution in [-0.2, 0) is 17.6 Å². The zero-order valence-corrected chi connectivity index (χ0v) is 13.4. The summed E-state index contributed by atoms with van der Waals surface area (Å²) in [4.78, 5) is 18.2. The Kier molecular flexibility index (Phi) is 5.20. The molecular weight excluding hydrogens is 307 g/mol. The van der Waals surface area contributed by atoms with Crippen molar-refractivity contribution in [3.8, 4) is 0 Å². The molecule has 2 atom stereocenters. The van der Waals surface area contributed by atoms with Gasteiger partial charge in [0.15, 0.2) is 0 Å². The fourth-order valence-electron chi connectivity index (χ4n) is 3.20. The van der Waals surface area contributed by atoms with Crippen molar-refractivity contribution in [2.75, 3.05) is 13.1 Å². The first kappa shape index (κ1) is 16.6. The number of carbonyl (C=O) groups excluding carboxylic acids is 1. The predicted octanol–water partition coefficient (Wildman–Crippen LogP) is 2.22. The molecule has 1 N–H and O–H groups in total. The van der Waals surface area contributed by atoms with Gasteiger partial charge in [0.2, 0.25) is 5.91 Å². The van der Waals surface area contributed by atoms with Gasteiger partial charge >= 0.3 is 0 Å². The number of aliphatic hydroxyl groups excluding tert-OH is 1. The van der Waals surface area contributed by atoms with Gasteiger partial charge in [-0.15, -0.1) is 0 Å². The van der Waals surface area contributed by atoms with Crippen LogP contribution in [0.2, 0.25) is 0 Å². The summed E-state index contributed by atoms with van der Waals surface area (Å²) >= 11 is 0. The fraction of sp³-hybridized carbons (Fsp3) is 0.368. The van der Waals surface area contributed by atoms with Crippen molar-refractivity contribution in [1.29, 1.82) is 0 Å². The third-order valence-electron chi connectivity index (χ3n) is 4.54. The van der Waals surface area contributed by atoms with Gasteiger partial charge in [-0.2, -0.15) is 0 Å². The summed E-state index contributed by atoms with van der Waals surface area (Å²) in [6.45, 7) is 1.06. The van der Waals surface area contributed by atoms with E-state index in [0.717, 1.165) is 11.1 Å². The van der Waals surface area contributed by atoms with Crippen LogP contribution < -0.4 is 0 Å². The Morgan fingerprint density at radius 2 is 2.04 bits per heavy atom. The highest BCUT2D eigenvalue weighted by Crippen LogP contribution is 2.22. The van der Waals surface area contributed by atoms with Crippen molar-refractivity contribution in [1.82, 2.24) is 9.88 Å². The van der Waals surface area contributed by atoms with E-state index < -0.39 is 6.10 Å². The Morgan fingerprint density at radius 1 is 1.25 bits per heavy atom. The lowest BCUT2D eigenvalue weighted by atomic mass is 9.88. The van der Waals surface area contributed by atoms with E-state index in [9.17, 15) is 14.3 Å². The zero-order valence-electron chi connectivity index (χ0n) is 13.4. The van der Waals surface area contributed by atoms with Crippen LogP contribution in [-0.4, -0.2) is 40.1 Å². The third kappa shape index (κ3) is 4.17. The molecule has 1 aromatic heterocycles. The van der Waals surface area contributed by atoms with Gasteiger partial charge in [-0.1, -0.05) is 12.1 Å². The second kappa shape index (κ2) is 7.53. The number of pyridine rings is 1. The Labute approximate surface area is 141 Å². The van der Waals surface area contributed by atoms with Gasteiger partial charge in [-0.3, -0.25) is 9.78 Å². The molecule has 1 fully saturated rings. The molecule has 3 rings (SSSR count). The van der Waals surface area contributed by atoms with Gasteiger partial charge in [0, 0.05) is 31.4 Å². The van der Waals surface area contributed by atoms with E-state index in [0.29, 0.717) is 32.4 Å². The topological polar surface area (TPSA) is 53.4 Å². The minimum Gasteiger partial charge on any atom is -0.393 e. The Hall–Kier alpha value is -2.27. The fourth-order valence-corrected chi connectivity index (χ4v) is 3.20. The van der Waals surface area contributed by atoms with Crippen molar-refractivity contribution in [3.05, 3.63) is 65.7 Å². The van der Waals surface area contributed by atoms with Crippen LogP contribution in [0.15, 0.2) is 48.8 Å². The molecule has 1 aromatic carbocycles. The number of nitrogens with zero attached hydrogens (tertiary/aromatic N) is 2. The largest absolute Gasteiger partial charge is 0.393 e. The van der Waals surface area contributed by atoms with E-state index >= 15 is 0 Å². The molecule has 0 radical (unpaired) electrons. The number of amides is 1.